The molecule has 1 unspecified atom stereocenters. The number of carbonyl (C=O) groups excluding carboxylic acids is 1. The Morgan fingerprint density at radius 1 is 1.17 bits per heavy atom. The van der Waals surface area contributed by atoms with Gasteiger partial charge in [0.05, 0.1) is 17.9 Å². The van der Waals surface area contributed by atoms with Crippen molar-refractivity contribution in [3.05, 3.63) is 71.7 Å². The second-order valence-corrected chi connectivity index (χ2v) is 5.49. The van der Waals surface area contributed by atoms with Crippen molar-refractivity contribution in [1.82, 2.24) is 15.5 Å². The monoisotopic (exact) mass is 322 g/mol. The molecule has 0 aliphatic rings. The molecule has 0 spiro atoms. The summed E-state index contributed by atoms with van der Waals surface area (Å²) in [7, 11) is 0. The Balaban J connectivity index is 1.63. The number of aromatic nitrogens is 2. The Labute approximate surface area is 139 Å². The average molecular weight is 322 g/mol. The molecular formula is C18H18N4O2. The quantitative estimate of drug-likeness (QED) is 0.750. The van der Waals surface area contributed by atoms with Crippen LogP contribution in [-0.4, -0.2) is 16.0 Å². The van der Waals surface area contributed by atoms with Gasteiger partial charge in [0.25, 0.3) is 5.91 Å². The average Bonchev–Trinajstić information content (AvgIpc) is 3.01. The largest absolute Gasteiger partial charge is 0.360 e. The van der Waals surface area contributed by atoms with Gasteiger partial charge in [0.2, 0.25) is 0 Å². The SMILES string of the molecule is Cc1cc(Nc2ccc(C(=O)NC(C)c3ccccc3)nc2)no1. The summed E-state index contributed by atoms with van der Waals surface area (Å²) in [5.74, 6) is 1.11. The third kappa shape index (κ3) is 3.78. The second-order valence-electron chi connectivity index (χ2n) is 5.49. The number of amides is 1. The summed E-state index contributed by atoms with van der Waals surface area (Å²) in [6, 6.07) is 14.9. The molecule has 6 nitrogen and oxygen atoms in total. The summed E-state index contributed by atoms with van der Waals surface area (Å²) in [5, 5.41) is 9.84. The Bertz CT molecular complexity index is 813. The molecule has 2 aromatic heterocycles. The third-order valence-electron chi connectivity index (χ3n) is 3.54. The molecular weight excluding hydrogens is 304 g/mol. The maximum absolute atomic E-state index is 12.3. The van der Waals surface area contributed by atoms with E-state index in [0.29, 0.717) is 11.5 Å². The van der Waals surface area contributed by atoms with Crippen molar-refractivity contribution in [2.75, 3.05) is 5.32 Å². The highest BCUT2D eigenvalue weighted by Crippen LogP contribution is 2.16. The first kappa shape index (κ1) is 15.7. The second kappa shape index (κ2) is 6.95. The van der Waals surface area contributed by atoms with Gasteiger partial charge < -0.3 is 15.2 Å². The van der Waals surface area contributed by atoms with Crippen LogP contribution in [0.1, 0.15) is 34.8 Å². The molecule has 3 rings (SSSR count). The third-order valence-corrected chi connectivity index (χ3v) is 3.54. The number of anilines is 2. The zero-order valence-electron chi connectivity index (χ0n) is 13.5. The van der Waals surface area contributed by atoms with E-state index in [4.69, 9.17) is 4.52 Å². The maximum Gasteiger partial charge on any atom is 0.270 e. The molecule has 3 aromatic rings. The molecule has 0 saturated heterocycles. The van der Waals surface area contributed by atoms with Gasteiger partial charge in [-0.25, -0.2) is 4.98 Å². The highest BCUT2D eigenvalue weighted by molar-refractivity contribution is 5.92. The predicted octanol–water partition coefficient (Wildman–Crippen LogP) is 3.61. The minimum Gasteiger partial charge on any atom is -0.360 e. The standard InChI is InChI=1S/C18H18N4O2/c1-12-10-17(22-24-12)21-15-8-9-16(19-11-15)18(23)20-13(2)14-6-4-3-5-7-14/h3-11,13H,1-2H3,(H,20,23)(H,21,22). The molecule has 2 N–H and O–H groups in total. The summed E-state index contributed by atoms with van der Waals surface area (Å²) in [5.41, 5.74) is 2.14. The summed E-state index contributed by atoms with van der Waals surface area (Å²) >= 11 is 0. The van der Waals surface area contributed by atoms with E-state index in [2.05, 4.69) is 20.8 Å². The Hall–Kier alpha value is -3.15. The number of pyridine rings is 1. The highest BCUT2D eigenvalue weighted by Gasteiger charge is 2.12. The fourth-order valence-electron chi connectivity index (χ4n) is 2.27. The molecule has 0 aliphatic heterocycles. The number of nitrogens with one attached hydrogen (secondary N) is 2. The van der Waals surface area contributed by atoms with Crippen LogP contribution in [0.4, 0.5) is 11.5 Å². The molecule has 0 saturated carbocycles. The fraction of sp³-hybridized carbons (Fsp3) is 0.167. The number of hydrogen-bond donors (Lipinski definition) is 2. The van der Waals surface area contributed by atoms with Crippen molar-refractivity contribution in [3.8, 4) is 0 Å². The van der Waals surface area contributed by atoms with Crippen LogP contribution in [0.2, 0.25) is 0 Å². The zero-order chi connectivity index (χ0) is 16.9. The smallest absolute Gasteiger partial charge is 0.270 e. The van der Waals surface area contributed by atoms with E-state index in [9.17, 15) is 4.79 Å². The normalized spacial score (nSPS) is 11.8. The van der Waals surface area contributed by atoms with Gasteiger partial charge in [-0.3, -0.25) is 4.79 Å². The van der Waals surface area contributed by atoms with E-state index in [0.717, 1.165) is 17.0 Å². The molecule has 0 aliphatic carbocycles. The lowest BCUT2D eigenvalue weighted by Crippen LogP contribution is -2.27. The van der Waals surface area contributed by atoms with Crippen molar-refractivity contribution in [2.24, 2.45) is 0 Å². The van der Waals surface area contributed by atoms with Crippen molar-refractivity contribution >= 4 is 17.4 Å². The number of carbonyl (C=O) groups is 1. The van der Waals surface area contributed by atoms with Crippen molar-refractivity contribution in [1.29, 1.82) is 0 Å². The number of aryl methyl sites for hydroxylation is 1. The zero-order valence-corrected chi connectivity index (χ0v) is 13.5. The topological polar surface area (TPSA) is 80.0 Å². The first-order valence-corrected chi connectivity index (χ1v) is 7.64. The van der Waals surface area contributed by atoms with Crippen LogP contribution in [0, 0.1) is 6.92 Å². The number of hydrogen-bond acceptors (Lipinski definition) is 5. The van der Waals surface area contributed by atoms with E-state index in [1.165, 1.54) is 0 Å². The lowest BCUT2D eigenvalue weighted by atomic mass is 10.1. The van der Waals surface area contributed by atoms with Gasteiger partial charge in [0, 0.05) is 6.07 Å². The first-order chi connectivity index (χ1) is 11.6. The van der Waals surface area contributed by atoms with Gasteiger partial charge in [-0.15, -0.1) is 0 Å². The lowest BCUT2D eigenvalue weighted by molar-refractivity contribution is 0.0935. The first-order valence-electron chi connectivity index (χ1n) is 7.64. The van der Waals surface area contributed by atoms with Gasteiger partial charge in [0.1, 0.15) is 11.5 Å². The fourth-order valence-corrected chi connectivity index (χ4v) is 2.27. The van der Waals surface area contributed by atoms with Gasteiger partial charge in [-0.05, 0) is 31.5 Å². The number of nitrogens with zero attached hydrogens (tertiary/aromatic N) is 2. The minimum absolute atomic E-state index is 0.0867. The Morgan fingerprint density at radius 3 is 2.58 bits per heavy atom. The summed E-state index contributed by atoms with van der Waals surface area (Å²) in [6.07, 6.45) is 1.59. The van der Waals surface area contributed by atoms with Crippen LogP contribution >= 0.6 is 0 Å². The van der Waals surface area contributed by atoms with Crippen molar-refractivity contribution in [2.45, 2.75) is 19.9 Å². The van der Waals surface area contributed by atoms with E-state index in [1.807, 2.05) is 44.2 Å². The number of rotatable bonds is 5. The summed E-state index contributed by atoms with van der Waals surface area (Å²) in [6.45, 7) is 3.76. The van der Waals surface area contributed by atoms with Crippen LogP contribution in [-0.2, 0) is 0 Å². The molecule has 0 radical (unpaired) electrons. The van der Waals surface area contributed by atoms with E-state index < -0.39 is 0 Å². The van der Waals surface area contributed by atoms with Gasteiger partial charge in [-0.1, -0.05) is 35.5 Å². The molecule has 2 heterocycles. The molecule has 6 heteroatoms. The maximum atomic E-state index is 12.3. The highest BCUT2D eigenvalue weighted by atomic mass is 16.5. The molecule has 1 amide bonds. The molecule has 0 fully saturated rings. The van der Waals surface area contributed by atoms with Crippen LogP contribution in [0.25, 0.3) is 0 Å². The predicted molar refractivity (Wildman–Crippen MR) is 91.1 cm³/mol. The molecule has 0 bridgehead atoms. The molecule has 24 heavy (non-hydrogen) atoms. The molecule has 1 aromatic carbocycles. The summed E-state index contributed by atoms with van der Waals surface area (Å²) < 4.78 is 4.99. The van der Waals surface area contributed by atoms with Gasteiger partial charge >= 0.3 is 0 Å². The van der Waals surface area contributed by atoms with Crippen LogP contribution in [0.15, 0.2) is 59.3 Å². The molecule has 122 valence electrons. The van der Waals surface area contributed by atoms with E-state index in [1.54, 1.807) is 24.4 Å². The van der Waals surface area contributed by atoms with E-state index in [-0.39, 0.29) is 11.9 Å². The van der Waals surface area contributed by atoms with Gasteiger partial charge in [-0.2, -0.15) is 0 Å². The Kier molecular flexibility index (Phi) is 4.56. The summed E-state index contributed by atoms with van der Waals surface area (Å²) in [4.78, 5) is 16.5. The lowest BCUT2D eigenvalue weighted by Gasteiger charge is -2.14. The van der Waals surface area contributed by atoms with Crippen LogP contribution < -0.4 is 10.6 Å². The Morgan fingerprint density at radius 2 is 1.96 bits per heavy atom. The van der Waals surface area contributed by atoms with Crippen molar-refractivity contribution in [3.63, 3.8) is 0 Å². The van der Waals surface area contributed by atoms with Crippen LogP contribution in [0.5, 0.6) is 0 Å². The van der Waals surface area contributed by atoms with Gasteiger partial charge in [0.15, 0.2) is 5.82 Å². The van der Waals surface area contributed by atoms with Crippen LogP contribution in [0.3, 0.4) is 0 Å². The van der Waals surface area contributed by atoms with Crippen molar-refractivity contribution < 1.29 is 9.32 Å². The number of benzene rings is 1. The van der Waals surface area contributed by atoms with E-state index >= 15 is 0 Å². The minimum atomic E-state index is -0.213. The molecule has 1 atom stereocenters.